The Bertz CT molecular complexity index is 698. The van der Waals surface area contributed by atoms with Gasteiger partial charge in [0.1, 0.15) is 0 Å². The van der Waals surface area contributed by atoms with E-state index in [1.165, 1.54) is 32.4 Å². The van der Waals surface area contributed by atoms with Crippen LogP contribution in [0.3, 0.4) is 0 Å². The number of halogens is 1. The van der Waals surface area contributed by atoms with Crippen molar-refractivity contribution in [2.24, 2.45) is 0 Å². The first-order valence-corrected chi connectivity index (χ1v) is 9.93. The maximum Gasteiger partial charge on any atom is 0.193 e. The van der Waals surface area contributed by atoms with Crippen molar-refractivity contribution in [3.05, 3.63) is 29.3 Å². The van der Waals surface area contributed by atoms with Crippen molar-refractivity contribution in [3.63, 3.8) is 0 Å². The first-order chi connectivity index (χ1) is 11.8. The average molecular weight is 364 g/mol. The number of fused-ring (bicyclic) bond motifs is 1. The van der Waals surface area contributed by atoms with Gasteiger partial charge in [0.05, 0.1) is 17.6 Å². The second-order valence-electron chi connectivity index (χ2n) is 6.43. The van der Waals surface area contributed by atoms with Crippen LogP contribution in [0.4, 0.5) is 0 Å². The van der Waals surface area contributed by atoms with Gasteiger partial charge < -0.3 is 4.90 Å². The molecule has 3 heterocycles. The largest absolute Gasteiger partial charge is 0.302 e. The molecular weight excluding hydrogens is 342 g/mol. The second kappa shape index (κ2) is 7.44. The van der Waals surface area contributed by atoms with E-state index >= 15 is 0 Å². The zero-order valence-electron chi connectivity index (χ0n) is 13.7. The molecule has 7 heteroatoms. The molecule has 0 radical (unpaired) electrons. The van der Waals surface area contributed by atoms with Crippen molar-refractivity contribution < 1.29 is 0 Å². The Morgan fingerprint density at radius 1 is 1.00 bits per heavy atom. The Morgan fingerprint density at radius 3 is 2.62 bits per heavy atom. The number of rotatable bonds is 4. The van der Waals surface area contributed by atoms with Crippen molar-refractivity contribution in [2.75, 3.05) is 32.1 Å². The summed E-state index contributed by atoms with van der Waals surface area (Å²) in [5.74, 6) is 1.85. The predicted molar refractivity (Wildman–Crippen MR) is 98.2 cm³/mol. The number of nitrogens with zero attached hydrogens (tertiary/aromatic N) is 5. The maximum atomic E-state index is 6.35. The van der Waals surface area contributed by atoms with Crippen LogP contribution in [-0.2, 0) is 6.67 Å². The van der Waals surface area contributed by atoms with Gasteiger partial charge in [-0.05, 0) is 38.1 Å². The first kappa shape index (κ1) is 16.4. The van der Waals surface area contributed by atoms with E-state index in [1.54, 1.807) is 11.8 Å². The van der Waals surface area contributed by atoms with Crippen LogP contribution in [0.5, 0.6) is 0 Å². The van der Waals surface area contributed by atoms with Crippen LogP contribution in [0.15, 0.2) is 29.4 Å². The summed E-state index contributed by atoms with van der Waals surface area (Å²) in [5, 5.41) is 10.4. The van der Waals surface area contributed by atoms with Gasteiger partial charge in [-0.1, -0.05) is 41.9 Å². The Labute approximate surface area is 152 Å². The fourth-order valence-electron chi connectivity index (χ4n) is 3.36. The minimum atomic E-state index is 0.725. The van der Waals surface area contributed by atoms with E-state index in [9.17, 15) is 0 Å². The molecule has 1 aromatic carbocycles. The number of hydrogen-bond donors (Lipinski definition) is 0. The standard InChI is InChI=1S/C17H22ClN5S/c18-15-7-3-2-6-14(15)16-19-20-17-23(16)12-22(13-24-17)11-10-21-8-4-1-5-9-21/h2-3,6-7H,1,4-5,8-13H2. The van der Waals surface area contributed by atoms with E-state index in [0.29, 0.717) is 0 Å². The molecule has 0 unspecified atom stereocenters. The number of aromatic nitrogens is 3. The van der Waals surface area contributed by atoms with Gasteiger partial charge >= 0.3 is 0 Å². The summed E-state index contributed by atoms with van der Waals surface area (Å²) in [7, 11) is 0. The summed E-state index contributed by atoms with van der Waals surface area (Å²) >= 11 is 8.11. The summed E-state index contributed by atoms with van der Waals surface area (Å²) in [6.45, 7) is 5.59. The highest BCUT2D eigenvalue weighted by Crippen LogP contribution is 2.32. The number of likely N-dealkylation sites (tertiary alicyclic amines) is 1. The predicted octanol–water partition coefficient (Wildman–Crippen LogP) is 3.41. The zero-order chi connectivity index (χ0) is 16.4. The molecule has 24 heavy (non-hydrogen) atoms. The van der Waals surface area contributed by atoms with Crippen LogP contribution in [0, 0.1) is 0 Å². The number of thioether (sulfide) groups is 1. The van der Waals surface area contributed by atoms with Gasteiger partial charge in [0, 0.05) is 18.7 Å². The molecule has 0 spiro atoms. The molecule has 0 atom stereocenters. The van der Waals surface area contributed by atoms with Gasteiger partial charge in [0.2, 0.25) is 0 Å². The third-order valence-corrected chi connectivity index (χ3v) is 6.11. The van der Waals surface area contributed by atoms with Crippen molar-refractivity contribution >= 4 is 23.4 Å². The van der Waals surface area contributed by atoms with Gasteiger partial charge in [-0.25, -0.2) is 0 Å². The van der Waals surface area contributed by atoms with Crippen LogP contribution < -0.4 is 0 Å². The fraction of sp³-hybridized carbons (Fsp3) is 0.529. The molecule has 128 valence electrons. The third-order valence-electron chi connectivity index (χ3n) is 4.73. The van der Waals surface area contributed by atoms with Gasteiger partial charge in [-0.3, -0.25) is 9.47 Å². The van der Waals surface area contributed by atoms with Gasteiger partial charge in [-0.2, -0.15) is 0 Å². The lowest BCUT2D eigenvalue weighted by molar-refractivity contribution is 0.169. The molecule has 4 rings (SSSR count). The molecule has 2 aromatic rings. The molecule has 1 aromatic heterocycles. The van der Waals surface area contributed by atoms with Crippen LogP contribution in [0.25, 0.3) is 11.4 Å². The zero-order valence-corrected chi connectivity index (χ0v) is 15.3. The van der Waals surface area contributed by atoms with Gasteiger partial charge in [0.25, 0.3) is 0 Å². The molecule has 0 bridgehead atoms. The monoisotopic (exact) mass is 363 g/mol. The number of benzene rings is 1. The second-order valence-corrected chi connectivity index (χ2v) is 7.74. The Hall–Kier alpha value is -1.08. The summed E-state index contributed by atoms with van der Waals surface area (Å²) in [5.41, 5.74) is 0.955. The molecule has 2 aliphatic rings. The van der Waals surface area contributed by atoms with Crippen molar-refractivity contribution in [3.8, 4) is 11.4 Å². The molecule has 0 saturated carbocycles. The summed E-state index contributed by atoms with van der Waals surface area (Å²) < 4.78 is 2.19. The topological polar surface area (TPSA) is 37.2 Å². The molecule has 1 saturated heterocycles. The quantitative estimate of drug-likeness (QED) is 0.832. The third kappa shape index (κ3) is 3.47. The van der Waals surface area contributed by atoms with Gasteiger partial charge in [0.15, 0.2) is 11.0 Å². The lowest BCUT2D eigenvalue weighted by Crippen LogP contribution is -2.39. The van der Waals surface area contributed by atoms with Crippen LogP contribution in [0.1, 0.15) is 19.3 Å². The molecule has 0 N–H and O–H groups in total. The molecule has 0 aliphatic carbocycles. The number of piperidine rings is 1. The molecule has 2 aliphatic heterocycles. The molecule has 1 fully saturated rings. The highest BCUT2D eigenvalue weighted by Gasteiger charge is 2.23. The maximum absolute atomic E-state index is 6.35. The summed E-state index contributed by atoms with van der Waals surface area (Å²) in [4.78, 5) is 5.06. The van der Waals surface area contributed by atoms with Crippen LogP contribution in [-0.4, -0.2) is 56.6 Å². The van der Waals surface area contributed by atoms with Crippen LogP contribution in [0.2, 0.25) is 5.02 Å². The fourth-order valence-corrected chi connectivity index (χ4v) is 4.48. The van der Waals surface area contributed by atoms with E-state index < -0.39 is 0 Å². The lowest BCUT2D eigenvalue weighted by atomic mass is 10.1. The number of hydrogen-bond acceptors (Lipinski definition) is 5. The van der Waals surface area contributed by atoms with Crippen molar-refractivity contribution in [1.82, 2.24) is 24.6 Å². The minimum Gasteiger partial charge on any atom is -0.302 e. The normalized spacial score (nSPS) is 19.4. The molecule has 0 amide bonds. The van der Waals surface area contributed by atoms with Crippen molar-refractivity contribution in [1.29, 1.82) is 0 Å². The molecular formula is C17H22ClN5S. The summed E-state index contributed by atoms with van der Waals surface area (Å²) in [6, 6.07) is 7.85. The summed E-state index contributed by atoms with van der Waals surface area (Å²) in [6.07, 6.45) is 4.09. The minimum absolute atomic E-state index is 0.725. The van der Waals surface area contributed by atoms with E-state index in [1.807, 2.05) is 24.3 Å². The average Bonchev–Trinajstić information content (AvgIpc) is 3.04. The van der Waals surface area contributed by atoms with E-state index in [2.05, 4.69) is 24.6 Å². The molecule has 5 nitrogen and oxygen atoms in total. The smallest absolute Gasteiger partial charge is 0.193 e. The van der Waals surface area contributed by atoms with E-state index in [4.69, 9.17) is 11.6 Å². The SMILES string of the molecule is Clc1ccccc1-c1nnc2n1CN(CCN1CCCCC1)CS2. The van der Waals surface area contributed by atoms with E-state index in [-0.39, 0.29) is 0 Å². The van der Waals surface area contributed by atoms with E-state index in [0.717, 1.165) is 47.2 Å². The lowest BCUT2D eigenvalue weighted by Gasteiger charge is -2.32. The van der Waals surface area contributed by atoms with Gasteiger partial charge in [-0.15, -0.1) is 10.2 Å². The highest BCUT2D eigenvalue weighted by atomic mass is 35.5. The Kier molecular flexibility index (Phi) is 5.08. The van der Waals surface area contributed by atoms with Crippen molar-refractivity contribution in [2.45, 2.75) is 31.1 Å². The van der Waals surface area contributed by atoms with Crippen LogP contribution >= 0.6 is 23.4 Å². The first-order valence-electron chi connectivity index (χ1n) is 8.57. The highest BCUT2D eigenvalue weighted by molar-refractivity contribution is 7.99. The Balaban J connectivity index is 1.46. The Morgan fingerprint density at radius 2 is 1.79 bits per heavy atom.